The first-order chi connectivity index (χ1) is 11.5. The van der Waals surface area contributed by atoms with Crippen molar-refractivity contribution >= 4 is 12.0 Å². The Labute approximate surface area is 142 Å². The summed E-state index contributed by atoms with van der Waals surface area (Å²) in [5, 5.41) is 0. The van der Waals surface area contributed by atoms with Gasteiger partial charge in [0.1, 0.15) is 11.5 Å². The van der Waals surface area contributed by atoms with Crippen molar-refractivity contribution in [3.8, 4) is 11.5 Å². The molecule has 1 aliphatic heterocycles. The number of rotatable bonds is 5. The van der Waals surface area contributed by atoms with Gasteiger partial charge in [-0.25, -0.2) is 4.79 Å². The average molecular weight is 336 g/mol. The molecule has 0 bridgehead atoms. The van der Waals surface area contributed by atoms with Crippen LogP contribution in [-0.4, -0.2) is 67.8 Å². The predicted molar refractivity (Wildman–Crippen MR) is 88.3 cm³/mol. The molecule has 0 spiro atoms. The minimum Gasteiger partial charge on any atom is -0.497 e. The van der Waals surface area contributed by atoms with Gasteiger partial charge in [-0.3, -0.25) is 4.79 Å². The highest BCUT2D eigenvalue weighted by molar-refractivity contribution is 5.81. The third-order valence-corrected chi connectivity index (χ3v) is 3.82. The Morgan fingerprint density at radius 1 is 1.12 bits per heavy atom. The van der Waals surface area contributed by atoms with Crippen LogP contribution in [0.1, 0.15) is 13.8 Å². The molecule has 1 saturated heterocycles. The lowest BCUT2D eigenvalue weighted by atomic mass is 10.2. The maximum absolute atomic E-state index is 12.5. The number of ether oxygens (including phenoxy) is 3. The average Bonchev–Trinajstić information content (AvgIpc) is 2.61. The summed E-state index contributed by atoms with van der Waals surface area (Å²) in [6.45, 7) is 5.73. The van der Waals surface area contributed by atoms with Crippen molar-refractivity contribution in [3.63, 3.8) is 0 Å². The Hall–Kier alpha value is -2.44. The van der Waals surface area contributed by atoms with Crippen LogP contribution < -0.4 is 9.47 Å². The van der Waals surface area contributed by atoms with Crippen LogP contribution >= 0.6 is 0 Å². The van der Waals surface area contributed by atoms with E-state index in [2.05, 4.69) is 0 Å². The third-order valence-electron chi connectivity index (χ3n) is 3.82. The molecule has 1 atom stereocenters. The first-order valence-electron chi connectivity index (χ1n) is 8.06. The number of amides is 2. The Morgan fingerprint density at radius 2 is 1.75 bits per heavy atom. The van der Waals surface area contributed by atoms with Crippen LogP contribution in [0.15, 0.2) is 24.3 Å². The molecule has 0 unspecified atom stereocenters. The number of hydrogen-bond acceptors (Lipinski definition) is 5. The summed E-state index contributed by atoms with van der Waals surface area (Å²) in [4.78, 5) is 27.5. The number of methoxy groups -OCH3 is 1. The van der Waals surface area contributed by atoms with Gasteiger partial charge in [-0.05, 0) is 26.0 Å². The molecule has 0 radical (unpaired) electrons. The Bertz CT molecular complexity index is 570. The molecule has 0 saturated carbocycles. The number of nitrogens with zero attached hydrogens (tertiary/aromatic N) is 2. The van der Waals surface area contributed by atoms with Crippen LogP contribution in [0.2, 0.25) is 0 Å². The van der Waals surface area contributed by atoms with Gasteiger partial charge < -0.3 is 24.0 Å². The standard InChI is InChI=1S/C17H24N2O5/c1-4-23-17(21)19-10-8-18(9-11-19)16(20)13(2)24-15-7-5-6-14(12-15)22-3/h5-7,12-13H,4,8-11H2,1-3H3/t13-/m1/s1. The summed E-state index contributed by atoms with van der Waals surface area (Å²) in [5.41, 5.74) is 0. The van der Waals surface area contributed by atoms with E-state index in [0.29, 0.717) is 44.3 Å². The lowest BCUT2D eigenvalue weighted by Gasteiger charge is -2.35. The molecule has 7 heteroatoms. The monoisotopic (exact) mass is 336 g/mol. The van der Waals surface area contributed by atoms with E-state index in [0.717, 1.165) is 0 Å². The van der Waals surface area contributed by atoms with Gasteiger partial charge in [0.15, 0.2) is 6.10 Å². The first kappa shape index (κ1) is 17.9. The van der Waals surface area contributed by atoms with Gasteiger partial charge >= 0.3 is 6.09 Å². The van der Waals surface area contributed by atoms with Gasteiger partial charge in [0.25, 0.3) is 5.91 Å². The molecule has 1 aromatic rings. The van der Waals surface area contributed by atoms with Crippen LogP contribution in [0.4, 0.5) is 4.79 Å². The summed E-state index contributed by atoms with van der Waals surface area (Å²) in [6.07, 6.45) is -0.934. The Balaban J connectivity index is 1.86. The van der Waals surface area contributed by atoms with Crippen molar-refractivity contribution in [2.75, 3.05) is 39.9 Å². The van der Waals surface area contributed by atoms with E-state index in [4.69, 9.17) is 14.2 Å². The number of piperazine rings is 1. The SMILES string of the molecule is CCOC(=O)N1CCN(C(=O)[C@@H](C)Oc2cccc(OC)c2)CC1. The summed E-state index contributed by atoms with van der Waals surface area (Å²) in [6, 6.07) is 7.14. The fraction of sp³-hybridized carbons (Fsp3) is 0.529. The molecule has 1 heterocycles. The number of hydrogen-bond donors (Lipinski definition) is 0. The van der Waals surface area contributed by atoms with E-state index < -0.39 is 6.10 Å². The summed E-state index contributed by atoms with van der Waals surface area (Å²) >= 11 is 0. The zero-order valence-corrected chi connectivity index (χ0v) is 14.4. The van der Waals surface area contributed by atoms with Crippen molar-refractivity contribution in [1.29, 1.82) is 0 Å². The van der Waals surface area contributed by atoms with Crippen molar-refractivity contribution in [2.45, 2.75) is 20.0 Å². The molecule has 1 aliphatic rings. The van der Waals surface area contributed by atoms with Gasteiger partial charge in [-0.1, -0.05) is 6.07 Å². The predicted octanol–water partition coefficient (Wildman–Crippen LogP) is 1.76. The summed E-state index contributed by atoms with van der Waals surface area (Å²) in [7, 11) is 1.58. The molecular weight excluding hydrogens is 312 g/mol. The van der Waals surface area contributed by atoms with Crippen LogP contribution in [0.25, 0.3) is 0 Å². The van der Waals surface area contributed by atoms with Crippen LogP contribution in [0.5, 0.6) is 11.5 Å². The van der Waals surface area contributed by atoms with Crippen LogP contribution in [-0.2, 0) is 9.53 Å². The minimum atomic E-state index is -0.605. The molecule has 0 aliphatic carbocycles. The normalized spacial score (nSPS) is 15.6. The van der Waals surface area contributed by atoms with Crippen molar-refractivity contribution in [1.82, 2.24) is 9.80 Å². The third kappa shape index (κ3) is 4.53. The molecule has 2 amide bonds. The second-order valence-corrected chi connectivity index (χ2v) is 5.45. The van der Waals surface area contributed by atoms with E-state index in [9.17, 15) is 9.59 Å². The molecule has 0 aromatic heterocycles. The smallest absolute Gasteiger partial charge is 0.409 e. The number of carbonyl (C=O) groups is 2. The quantitative estimate of drug-likeness (QED) is 0.820. The lowest BCUT2D eigenvalue weighted by molar-refractivity contribution is -0.139. The van der Waals surface area contributed by atoms with Crippen LogP contribution in [0.3, 0.4) is 0 Å². The topological polar surface area (TPSA) is 68.3 Å². The van der Waals surface area contributed by atoms with E-state index in [1.807, 2.05) is 12.1 Å². The lowest BCUT2D eigenvalue weighted by Crippen LogP contribution is -2.53. The summed E-state index contributed by atoms with van der Waals surface area (Å²) in [5.74, 6) is 1.16. The van der Waals surface area contributed by atoms with Gasteiger partial charge in [0.05, 0.1) is 13.7 Å². The molecule has 0 N–H and O–H groups in total. The second kappa shape index (κ2) is 8.42. The largest absolute Gasteiger partial charge is 0.497 e. The molecule has 1 fully saturated rings. The number of carbonyl (C=O) groups excluding carboxylic acids is 2. The van der Waals surface area contributed by atoms with E-state index in [1.165, 1.54) is 0 Å². The fourth-order valence-corrected chi connectivity index (χ4v) is 2.51. The van der Waals surface area contributed by atoms with Gasteiger partial charge in [-0.2, -0.15) is 0 Å². The van der Waals surface area contributed by atoms with E-state index >= 15 is 0 Å². The highest BCUT2D eigenvalue weighted by Crippen LogP contribution is 2.20. The minimum absolute atomic E-state index is 0.0960. The Morgan fingerprint density at radius 3 is 2.38 bits per heavy atom. The molecule has 7 nitrogen and oxygen atoms in total. The van der Waals surface area contributed by atoms with E-state index in [1.54, 1.807) is 42.9 Å². The molecule has 2 rings (SSSR count). The van der Waals surface area contributed by atoms with Gasteiger partial charge in [-0.15, -0.1) is 0 Å². The molecular formula is C17H24N2O5. The molecule has 24 heavy (non-hydrogen) atoms. The highest BCUT2D eigenvalue weighted by atomic mass is 16.6. The summed E-state index contributed by atoms with van der Waals surface area (Å²) < 4.78 is 15.8. The molecule has 132 valence electrons. The maximum atomic E-state index is 12.5. The second-order valence-electron chi connectivity index (χ2n) is 5.45. The molecule has 1 aromatic carbocycles. The fourth-order valence-electron chi connectivity index (χ4n) is 2.51. The highest BCUT2D eigenvalue weighted by Gasteiger charge is 2.28. The number of benzene rings is 1. The van der Waals surface area contributed by atoms with Gasteiger partial charge in [0.2, 0.25) is 0 Å². The van der Waals surface area contributed by atoms with Gasteiger partial charge in [0, 0.05) is 32.2 Å². The van der Waals surface area contributed by atoms with Crippen molar-refractivity contribution in [2.24, 2.45) is 0 Å². The van der Waals surface area contributed by atoms with Crippen LogP contribution in [0, 0.1) is 0 Å². The Kier molecular flexibility index (Phi) is 6.28. The zero-order valence-electron chi connectivity index (χ0n) is 14.4. The first-order valence-corrected chi connectivity index (χ1v) is 8.06. The maximum Gasteiger partial charge on any atom is 0.409 e. The van der Waals surface area contributed by atoms with E-state index in [-0.39, 0.29) is 12.0 Å². The van der Waals surface area contributed by atoms with Crippen molar-refractivity contribution in [3.05, 3.63) is 24.3 Å². The van der Waals surface area contributed by atoms with Crippen molar-refractivity contribution < 1.29 is 23.8 Å². The zero-order chi connectivity index (χ0) is 17.5.